The molecule has 1 aliphatic rings. The van der Waals surface area contributed by atoms with Gasteiger partial charge in [-0.25, -0.2) is 4.18 Å². The van der Waals surface area contributed by atoms with E-state index in [9.17, 15) is 8.42 Å². The first-order chi connectivity index (χ1) is 4.49. The van der Waals surface area contributed by atoms with E-state index in [1.165, 1.54) is 0 Å². The predicted octanol–water partition coefficient (Wildman–Crippen LogP) is 0.0916. The largest absolute Gasteiger partial charge is 0.393 e. The number of aliphatic hydroxyl groups is 1. The summed E-state index contributed by atoms with van der Waals surface area (Å²) in [6.45, 7) is 1.59. The number of aliphatic hydroxyl groups excluding tert-OH is 1. The van der Waals surface area contributed by atoms with Crippen molar-refractivity contribution in [2.24, 2.45) is 0 Å². The Labute approximate surface area is 63.1 Å². The van der Waals surface area contributed by atoms with Crippen molar-refractivity contribution >= 4 is 19.9 Å². The van der Waals surface area contributed by atoms with E-state index in [0.29, 0.717) is 6.42 Å². The Hall–Kier alpha value is 0.220. The standard InChI is InChI=1S/C4H8O4S2/c1-3(5)2-4-8-10(6,7)9-4/h3-5H,2H2,1H3. The molecular weight excluding hydrogens is 176 g/mol. The van der Waals surface area contributed by atoms with Gasteiger partial charge in [0.1, 0.15) is 5.44 Å². The molecule has 0 spiro atoms. The van der Waals surface area contributed by atoms with Crippen LogP contribution in [0.1, 0.15) is 13.3 Å². The molecule has 1 fully saturated rings. The maximum Gasteiger partial charge on any atom is 0.325 e. The van der Waals surface area contributed by atoms with Crippen LogP contribution in [0.4, 0.5) is 0 Å². The molecule has 0 aromatic carbocycles. The van der Waals surface area contributed by atoms with E-state index in [1.54, 1.807) is 6.92 Å². The second-order valence-corrected chi connectivity index (χ2v) is 5.64. The van der Waals surface area contributed by atoms with Crippen LogP contribution in [0.5, 0.6) is 0 Å². The lowest BCUT2D eigenvalue weighted by molar-refractivity contribution is 0.143. The average molecular weight is 184 g/mol. The van der Waals surface area contributed by atoms with Gasteiger partial charge in [-0.2, -0.15) is 8.42 Å². The minimum absolute atomic E-state index is 0.365. The third-order valence-electron chi connectivity index (χ3n) is 0.984. The van der Waals surface area contributed by atoms with Gasteiger partial charge in [-0.05, 0) is 6.92 Å². The van der Waals surface area contributed by atoms with Crippen molar-refractivity contribution in [1.82, 2.24) is 0 Å². The minimum atomic E-state index is -3.27. The van der Waals surface area contributed by atoms with Crippen LogP contribution < -0.4 is 0 Å². The van der Waals surface area contributed by atoms with Gasteiger partial charge in [0.15, 0.2) is 0 Å². The van der Waals surface area contributed by atoms with Crippen molar-refractivity contribution in [3.8, 4) is 0 Å². The van der Waals surface area contributed by atoms with E-state index in [0.717, 1.165) is 10.8 Å². The van der Waals surface area contributed by atoms with E-state index in [4.69, 9.17) is 5.11 Å². The Morgan fingerprint density at radius 1 is 1.80 bits per heavy atom. The summed E-state index contributed by atoms with van der Waals surface area (Å²) in [5.41, 5.74) is -0.370. The topological polar surface area (TPSA) is 63.6 Å². The molecule has 4 nitrogen and oxygen atoms in total. The van der Waals surface area contributed by atoms with Gasteiger partial charge in [0.05, 0.1) is 6.10 Å². The Balaban J connectivity index is 2.27. The second-order valence-electron chi connectivity index (χ2n) is 2.11. The molecule has 1 rings (SSSR count). The molecule has 1 saturated heterocycles. The SMILES string of the molecule is CC(O)CC1OS(=O)(=O)S1. The van der Waals surface area contributed by atoms with Crippen LogP contribution in [0, 0.1) is 0 Å². The molecule has 2 atom stereocenters. The zero-order valence-electron chi connectivity index (χ0n) is 5.35. The monoisotopic (exact) mass is 184 g/mol. The van der Waals surface area contributed by atoms with E-state index in [1.807, 2.05) is 0 Å². The van der Waals surface area contributed by atoms with Crippen LogP contribution in [0.15, 0.2) is 0 Å². The molecular formula is C4H8O4S2. The van der Waals surface area contributed by atoms with Gasteiger partial charge in [-0.1, -0.05) is 0 Å². The van der Waals surface area contributed by atoms with Crippen molar-refractivity contribution in [2.75, 3.05) is 0 Å². The van der Waals surface area contributed by atoms with E-state index >= 15 is 0 Å². The summed E-state index contributed by atoms with van der Waals surface area (Å²) in [5.74, 6) is 0. The second kappa shape index (κ2) is 2.69. The summed E-state index contributed by atoms with van der Waals surface area (Å²) in [6, 6.07) is 0. The highest BCUT2D eigenvalue weighted by Crippen LogP contribution is 2.37. The molecule has 10 heavy (non-hydrogen) atoms. The molecule has 0 amide bonds. The first-order valence-electron chi connectivity index (χ1n) is 2.79. The normalized spacial score (nSPS) is 32.8. The smallest absolute Gasteiger partial charge is 0.325 e. The van der Waals surface area contributed by atoms with Crippen molar-refractivity contribution < 1.29 is 17.7 Å². The van der Waals surface area contributed by atoms with Gasteiger partial charge < -0.3 is 5.11 Å². The van der Waals surface area contributed by atoms with Crippen LogP contribution in [-0.2, 0) is 13.3 Å². The zero-order chi connectivity index (χ0) is 7.78. The van der Waals surface area contributed by atoms with Crippen LogP contribution >= 0.6 is 10.8 Å². The van der Waals surface area contributed by atoms with Crippen LogP contribution in [-0.4, -0.2) is 25.1 Å². The third kappa shape index (κ3) is 2.12. The summed E-state index contributed by atoms with van der Waals surface area (Å²) in [4.78, 5) is 0. The summed E-state index contributed by atoms with van der Waals surface area (Å²) in [5, 5.41) is 8.77. The highest BCUT2D eigenvalue weighted by Gasteiger charge is 2.36. The quantitative estimate of drug-likeness (QED) is 0.616. The summed E-state index contributed by atoms with van der Waals surface area (Å²) in [7, 11) is -2.52. The first kappa shape index (κ1) is 8.32. The van der Waals surface area contributed by atoms with E-state index in [-0.39, 0.29) is 5.44 Å². The van der Waals surface area contributed by atoms with Crippen molar-refractivity contribution in [3.63, 3.8) is 0 Å². The molecule has 0 aromatic heterocycles. The molecule has 2 unspecified atom stereocenters. The lowest BCUT2D eigenvalue weighted by Gasteiger charge is -2.24. The average Bonchev–Trinajstić information content (AvgIpc) is 1.57. The number of hydrogen-bond acceptors (Lipinski definition) is 5. The van der Waals surface area contributed by atoms with Gasteiger partial charge in [0.25, 0.3) is 0 Å². The van der Waals surface area contributed by atoms with Crippen molar-refractivity contribution in [2.45, 2.75) is 24.9 Å². The molecule has 1 heterocycles. The third-order valence-corrected chi connectivity index (χ3v) is 3.90. The summed E-state index contributed by atoms with van der Waals surface area (Å²) >= 11 is 0. The van der Waals surface area contributed by atoms with Gasteiger partial charge >= 0.3 is 9.15 Å². The maximum atomic E-state index is 10.3. The molecule has 0 aliphatic carbocycles. The maximum absolute atomic E-state index is 10.3. The highest BCUT2D eigenvalue weighted by atomic mass is 33.2. The molecule has 0 bridgehead atoms. The fraction of sp³-hybridized carbons (Fsp3) is 1.00. The van der Waals surface area contributed by atoms with Crippen LogP contribution in [0.3, 0.4) is 0 Å². The van der Waals surface area contributed by atoms with Gasteiger partial charge in [-0.3, -0.25) is 0 Å². The van der Waals surface area contributed by atoms with Crippen molar-refractivity contribution in [3.05, 3.63) is 0 Å². The fourth-order valence-electron chi connectivity index (χ4n) is 0.627. The molecule has 0 aromatic rings. The van der Waals surface area contributed by atoms with Gasteiger partial charge in [0.2, 0.25) is 0 Å². The van der Waals surface area contributed by atoms with Crippen molar-refractivity contribution in [1.29, 1.82) is 0 Å². The Morgan fingerprint density at radius 3 is 2.60 bits per heavy atom. The number of rotatable bonds is 2. The highest BCUT2D eigenvalue weighted by molar-refractivity contribution is 8.72. The van der Waals surface area contributed by atoms with E-state index < -0.39 is 15.3 Å². The fourth-order valence-corrected chi connectivity index (χ4v) is 3.13. The molecule has 6 heteroatoms. The predicted molar refractivity (Wildman–Crippen MR) is 37.7 cm³/mol. The Morgan fingerprint density at radius 2 is 2.30 bits per heavy atom. The summed E-state index contributed by atoms with van der Waals surface area (Å²) in [6.07, 6.45) is -0.142. The van der Waals surface area contributed by atoms with Crippen LogP contribution in [0.25, 0.3) is 0 Å². The Bertz CT molecular complexity index is 195. The van der Waals surface area contributed by atoms with Gasteiger partial charge in [-0.15, -0.1) is 0 Å². The summed E-state index contributed by atoms with van der Waals surface area (Å²) < 4.78 is 25.1. The molecule has 0 saturated carbocycles. The minimum Gasteiger partial charge on any atom is -0.393 e. The lowest BCUT2D eigenvalue weighted by atomic mass is 10.3. The first-order valence-corrected chi connectivity index (χ1v) is 5.59. The zero-order valence-corrected chi connectivity index (χ0v) is 6.98. The van der Waals surface area contributed by atoms with Crippen LogP contribution in [0.2, 0.25) is 0 Å². The molecule has 0 radical (unpaired) electrons. The molecule has 1 aliphatic heterocycles. The molecule has 1 N–H and O–H groups in total. The number of hydrogen-bond donors (Lipinski definition) is 1. The molecule has 60 valence electrons. The van der Waals surface area contributed by atoms with Gasteiger partial charge in [0, 0.05) is 17.2 Å². The Kier molecular flexibility index (Phi) is 2.24. The lowest BCUT2D eigenvalue weighted by Crippen LogP contribution is -2.28. The van der Waals surface area contributed by atoms with E-state index in [2.05, 4.69) is 4.18 Å².